The predicted molar refractivity (Wildman–Crippen MR) is 61.0 cm³/mol. The predicted octanol–water partition coefficient (Wildman–Crippen LogP) is 2.12. The average Bonchev–Trinajstić information content (AvgIpc) is 2.03. The lowest BCUT2D eigenvalue weighted by Crippen LogP contribution is -2.50. The number of hydrogen-bond acceptors (Lipinski definition) is 3. The standard InChI is InChI=1S/C10H22N2S/c1-4-5-6-13-10-7-9(2)11-12(3)8-10/h9-11H,4-8H2,1-3H3. The van der Waals surface area contributed by atoms with Gasteiger partial charge < -0.3 is 0 Å². The average molecular weight is 202 g/mol. The van der Waals surface area contributed by atoms with Crippen LogP contribution in [0.2, 0.25) is 0 Å². The number of nitrogens with zero attached hydrogens (tertiary/aromatic N) is 1. The maximum Gasteiger partial charge on any atom is 0.0247 e. The number of unbranched alkanes of at least 4 members (excludes halogenated alkanes) is 1. The first-order valence-electron chi connectivity index (χ1n) is 5.31. The van der Waals surface area contributed by atoms with Crippen LogP contribution in [0.5, 0.6) is 0 Å². The van der Waals surface area contributed by atoms with E-state index in [0.717, 1.165) is 5.25 Å². The summed E-state index contributed by atoms with van der Waals surface area (Å²) in [4.78, 5) is 0. The van der Waals surface area contributed by atoms with Crippen molar-refractivity contribution >= 4 is 11.8 Å². The molecule has 0 amide bonds. The van der Waals surface area contributed by atoms with Crippen LogP contribution < -0.4 is 5.43 Å². The molecule has 3 heteroatoms. The van der Waals surface area contributed by atoms with Crippen molar-refractivity contribution in [2.24, 2.45) is 0 Å². The first-order valence-corrected chi connectivity index (χ1v) is 6.36. The summed E-state index contributed by atoms with van der Waals surface area (Å²) in [7, 11) is 2.14. The molecule has 1 heterocycles. The topological polar surface area (TPSA) is 15.3 Å². The Kier molecular flexibility index (Phi) is 5.14. The molecule has 0 aromatic carbocycles. The fourth-order valence-electron chi connectivity index (χ4n) is 1.77. The monoisotopic (exact) mass is 202 g/mol. The Morgan fingerprint density at radius 3 is 2.92 bits per heavy atom. The summed E-state index contributed by atoms with van der Waals surface area (Å²) in [5, 5.41) is 3.07. The van der Waals surface area contributed by atoms with E-state index < -0.39 is 0 Å². The molecule has 1 aliphatic heterocycles. The molecule has 1 rings (SSSR count). The molecule has 0 aliphatic carbocycles. The van der Waals surface area contributed by atoms with Gasteiger partial charge in [-0.1, -0.05) is 13.3 Å². The zero-order chi connectivity index (χ0) is 9.68. The normalized spacial score (nSPS) is 30.7. The van der Waals surface area contributed by atoms with E-state index in [-0.39, 0.29) is 0 Å². The molecule has 0 radical (unpaired) electrons. The lowest BCUT2D eigenvalue weighted by atomic mass is 10.1. The number of hydrogen-bond donors (Lipinski definition) is 1. The van der Waals surface area contributed by atoms with E-state index in [2.05, 4.69) is 43.1 Å². The smallest absolute Gasteiger partial charge is 0.0247 e. The van der Waals surface area contributed by atoms with Crippen LogP contribution in [0.15, 0.2) is 0 Å². The summed E-state index contributed by atoms with van der Waals surface area (Å²) in [5.74, 6) is 1.34. The second kappa shape index (κ2) is 5.89. The van der Waals surface area contributed by atoms with Crippen LogP contribution in [-0.4, -0.2) is 35.6 Å². The Morgan fingerprint density at radius 1 is 1.54 bits per heavy atom. The molecule has 2 unspecified atom stereocenters. The molecule has 0 bridgehead atoms. The first-order chi connectivity index (χ1) is 6.22. The highest BCUT2D eigenvalue weighted by atomic mass is 32.2. The number of thioether (sulfide) groups is 1. The molecule has 1 aliphatic rings. The van der Waals surface area contributed by atoms with E-state index in [4.69, 9.17) is 0 Å². The Bertz CT molecular complexity index is 131. The minimum atomic E-state index is 0.651. The minimum Gasteiger partial charge on any atom is -0.253 e. The quantitative estimate of drug-likeness (QED) is 0.703. The van der Waals surface area contributed by atoms with E-state index in [9.17, 15) is 0 Å². The molecular weight excluding hydrogens is 180 g/mol. The Labute approximate surface area is 86.4 Å². The summed E-state index contributed by atoms with van der Waals surface area (Å²) in [5.41, 5.74) is 3.42. The van der Waals surface area contributed by atoms with Crippen LogP contribution in [0, 0.1) is 0 Å². The highest BCUT2D eigenvalue weighted by Gasteiger charge is 2.21. The third-order valence-electron chi connectivity index (χ3n) is 2.39. The highest BCUT2D eigenvalue weighted by Crippen LogP contribution is 2.21. The molecule has 13 heavy (non-hydrogen) atoms. The lowest BCUT2D eigenvalue weighted by Gasteiger charge is -2.34. The molecule has 78 valence electrons. The maximum atomic E-state index is 3.42. The minimum absolute atomic E-state index is 0.651. The van der Waals surface area contributed by atoms with Gasteiger partial charge in [-0.15, -0.1) is 0 Å². The van der Waals surface area contributed by atoms with E-state index in [0.29, 0.717) is 6.04 Å². The molecule has 1 fully saturated rings. The van der Waals surface area contributed by atoms with Gasteiger partial charge in [0.2, 0.25) is 0 Å². The van der Waals surface area contributed by atoms with Crippen LogP contribution in [0.4, 0.5) is 0 Å². The largest absolute Gasteiger partial charge is 0.253 e. The van der Waals surface area contributed by atoms with Crippen LogP contribution in [0.3, 0.4) is 0 Å². The van der Waals surface area contributed by atoms with Gasteiger partial charge in [0.15, 0.2) is 0 Å². The van der Waals surface area contributed by atoms with Gasteiger partial charge >= 0.3 is 0 Å². The number of rotatable bonds is 4. The zero-order valence-corrected chi connectivity index (χ0v) is 9.86. The number of nitrogens with one attached hydrogen (secondary N) is 1. The van der Waals surface area contributed by atoms with Crippen LogP contribution >= 0.6 is 11.8 Å². The van der Waals surface area contributed by atoms with E-state index in [1.165, 1.54) is 31.6 Å². The lowest BCUT2D eigenvalue weighted by molar-refractivity contribution is 0.159. The third kappa shape index (κ3) is 4.34. The van der Waals surface area contributed by atoms with Crippen molar-refractivity contribution in [1.82, 2.24) is 10.4 Å². The molecule has 2 atom stereocenters. The van der Waals surface area contributed by atoms with E-state index >= 15 is 0 Å². The van der Waals surface area contributed by atoms with Crippen LogP contribution in [0.1, 0.15) is 33.1 Å². The Balaban J connectivity index is 2.17. The van der Waals surface area contributed by atoms with Gasteiger partial charge in [-0.3, -0.25) is 5.43 Å². The fourth-order valence-corrected chi connectivity index (χ4v) is 3.31. The molecule has 0 spiro atoms. The summed E-state index contributed by atoms with van der Waals surface area (Å²) in [6.45, 7) is 5.72. The van der Waals surface area contributed by atoms with Crippen molar-refractivity contribution < 1.29 is 0 Å². The maximum absolute atomic E-state index is 3.42. The van der Waals surface area contributed by atoms with Gasteiger partial charge in [-0.05, 0) is 25.5 Å². The van der Waals surface area contributed by atoms with Crippen molar-refractivity contribution in [2.75, 3.05) is 19.3 Å². The van der Waals surface area contributed by atoms with Crippen molar-refractivity contribution in [3.05, 3.63) is 0 Å². The molecule has 1 saturated heterocycles. The van der Waals surface area contributed by atoms with Gasteiger partial charge in [0.1, 0.15) is 0 Å². The van der Waals surface area contributed by atoms with Crippen molar-refractivity contribution in [3.8, 4) is 0 Å². The zero-order valence-electron chi connectivity index (χ0n) is 9.05. The van der Waals surface area contributed by atoms with E-state index in [1.807, 2.05) is 0 Å². The van der Waals surface area contributed by atoms with Crippen LogP contribution in [-0.2, 0) is 0 Å². The van der Waals surface area contributed by atoms with Crippen molar-refractivity contribution in [3.63, 3.8) is 0 Å². The SMILES string of the molecule is CCCCSC1CC(C)NN(C)C1. The molecule has 0 saturated carbocycles. The van der Waals surface area contributed by atoms with Gasteiger partial charge in [0.05, 0.1) is 0 Å². The van der Waals surface area contributed by atoms with Crippen LogP contribution in [0.25, 0.3) is 0 Å². The molecule has 2 nitrogen and oxygen atoms in total. The van der Waals surface area contributed by atoms with Gasteiger partial charge in [-0.2, -0.15) is 11.8 Å². The second-order valence-electron chi connectivity index (χ2n) is 3.99. The fraction of sp³-hybridized carbons (Fsp3) is 1.00. The highest BCUT2D eigenvalue weighted by molar-refractivity contribution is 7.99. The second-order valence-corrected chi connectivity index (χ2v) is 5.40. The summed E-state index contributed by atoms with van der Waals surface area (Å²) >= 11 is 2.15. The van der Waals surface area contributed by atoms with E-state index in [1.54, 1.807) is 0 Å². The Hall–Kier alpha value is 0.270. The Morgan fingerprint density at radius 2 is 2.31 bits per heavy atom. The van der Waals surface area contributed by atoms with Crippen molar-refractivity contribution in [2.45, 2.75) is 44.4 Å². The van der Waals surface area contributed by atoms with Gasteiger partial charge in [-0.25, -0.2) is 5.01 Å². The van der Waals surface area contributed by atoms with Crippen molar-refractivity contribution in [1.29, 1.82) is 0 Å². The molecule has 0 aromatic heterocycles. The summed E-state index contributed by atoms with van der Waals surface area (Å²) in [6.07, 6.45) is 4.01. The third-order valence-corrected chi connectivity index (χ3v) is 3.72. The molecule has 1 N–H and O–H groups in total. The number of hydrazine groups is 1. The summed E-state index contributed by atoms with van der Waals surface area (Å²) in [6, 6.07) is 0.651. The molecular formula is C10H22N2S. The van der Waals surface area contributed by atoms with Gasteiger partial charge in [0.25, 0.3) is 0 Å². The molecule has 0 aromatic rings. The van der Waals surface area contributed by atoms with Gasteiger partial charge in [0, 0.05) is 24.9 Å². The first kappa shape index (κ1) is 11.3. The summed E-state index contributed by atoms with van der Waals surface area (Å²) < 4.78 is 0.